The van der Waals surface area contributed by atoms with Crippen LogP contribution < -0.4 is 5.32 Å². The molecule has 0 spiro atoms. The highest BCUT2D eigenvalue weighted by Gasteiger charge is 2.17. The summed E-state index contributed by atoms with van der Waals surface area (Å²) in [5, 5.41) is 14.7. The average Bonchev–Trinajstić information content (AvgIpc) is 3.27. The molecule has 25 heavy (non-hydrogen) atoms. The molecule has 0 saturated carbocycles. The highest BCUT2D eigenvalue weighted by Crippen LogP contribution is 2.19. The fourth-order valence-electron chi connectivity index (χ4n) is 1.90. The molecule has 1 amide bonds. The maximum Gasteiger partial charge on any atom is 0.357 e. The number of nitrogens with zero attached hydrogens (tertiary/aromatic N) is 5. The standard InChI is InChI=1S/C14H11FN6O3S/c1-2-24-13(23)11-6-25-14(17-11)18-12(22)9-5-8(3-4-10(9)15)21-7-16-19-20-21/h3-7H,2H2,1H3,(H,17,18,22). The van der Waals surface area contributed by atoms with Crippen LogP contribution in [0.15, 0.2) is 29.9 Å². The molecule has 0 radical (unpaired) electrons. The fourth-order valence-corrected chi connectivity index (χ4v) is 2.58. The lowest BCUT2D eigenvalue weighted by Gasteiger charge is -2.06. The first-order chi connectivity index (χ1) is 12.1. The predicted molar refractivity (Wildman–Crippen MR) is 85.1 cm³/mol. The van der Waals surface area contributed by atoms with Crippen molar-refractivity contribution in [2.24, 2.45) is 0 Å². The number of anilines is 1. The van der Waals surface area contributed by atoms with Gasteiger partial charge in [-0.1, -0.05) is 0 Å². The van der Waals surface area contributed by atoms with Gasteiger partial charge in [0.05, 0.1) is 17.9 Å². The Morgan fingerprint density at radius 2 is 2.24 bits per heavy atom. The van der Waals surface area contributed by atoms with Gasteiger partial charge in [0.2, 0.25) is 0 Å². The maximum absolute atomic E-state index is 14.0. The van der Waals surface area contributed by atoms with Gasteiger partial charge in [-0.15, -0.1) is 16.4 Å². The molecule has 2 heterocycles. The van der Waals surface area contributed by atoms with E-state index in [-0.39, 0.29) is 23.0 Å². The largest absolute Gasteiger partial charge is 0.461 e. The van der Waals surface area contributed by atoms with Crippen molar-refractivity contribution in [1.82, 2.24) is 25.2 Å². The minimum Gasteiger partial charge on any atom is -0.461 e. The zero-order valence-corrected chi connectivity index (χ0v) is 13.7. The van der Waals surface area contributed by atoms with Crippen LogP contribution in [0.25, 0.3) is 5.69 Å². The number of carbonyl (C=O) groups excluding carboxylic acids is 2. The maximum atomic E-state index is 14.0. The molecule has 1 N–H and O–H groups in total. The molecule has 0 aliphatic heterocycles. The van der Waals surface area contributed by atoms with E-state index in [4.69, 9.17) is 4.74 Å². The van der Waals surface area contributed by atoms with Gasteiger partial charge in [-0.25, -0.2) is 18.9 Å². The summed E-state index contributed by atoms with van der Waals surface area (Å²) in [5.74, 6) is -2.01. The van der Waals surface area contributed by atoms with E-state index in [0.29, 0.717) is 5.69 Å². The molecule has 3 rings (SSSR count). The number of rotatable bonds is 5. The third kappa shape index (κ3) is 3.66. The van der Waals surface area contributed by atoms with Gasteiger partial charge in [0.15, 0.2) is 10.8 Å². The van der Waals surface area contributed by atoms with Crippen molar-refractivity contribution >= 4 is 28.3 Å². The van der Waals surface area contributed by atoms with Crippen LogP contribution in [0.4, 0.5) is 9.52 Å². The number of hydrogen-bond acceptors (Lipinski definition) is 8. The second-order valence-electron chi connectivity index (χ2n) is 4.63. The van der Waals surface area contributed by atoms with E-state index in [1.165, 1.54) is 28.5 Å². The summed E-state index contributed by atoms with van der Waals surface area (Å²) in [4.78, 5) is 27.8. The Hall–Kier alpha value is -3.21. The highest BCUT2D eigenvalue weighted by atomic mass is 32.1. The quantitative estimate of drug-likeness (QED) is 0.687. The first kappa shape index (κ1) is 16.6. The molecule has 0 aliphatic rings. The number of halogens is 1. The summed E-state index contributed by atoms with van der Waals surface area (Å²) in [5.41, 5.74) is 0.286. The van der Waals surface area contributed by atoms with Gasteiger partial charge in [0, 0.05) is 5.38 Å². The van der Waals surface area contributed by atoms with Gasteiger partial charge in [-0.2, -0.15) is 0 Å². The number of hydrogen-bond donors (Lipinski definition) is 1. The first-order valence-electron chi connectivity index (χ1n) is 7.05. The predicted octanol–water partition coefficient (Wildman–Crippen LogP) is 1.69. The molecule has 1 aromatic carbocycles. The summed E-state index contributed by atoms with van der Waals surface area (Å²) in [6.07, 6.45) is 1.32. The number of aromatic nitrogens is 5. The zero-order valence-electron chi connectivity index (χ0n) is 12.8. The van der Waals surface area contributed by atoms with Crippen molar-refractivity contribution in [2.45, 2.75) is 6.92 Å². The normalized spacial score (nSPS) is 10.5. The van der Waals surface area contributed by atoms with Gasteiger partial charge >= 0.3 is 5.97 Å². The van der Waals surface area contributed by atoms with E-state index in [9.17, 15) is 14.0 Å². The SMILES string of the molecule is CCOC(=O)c1csc(NC(=O)c2cc(-n3cnnn3)ccc2F)n1. The second kappa shape index (κ2) is 7.13. The Morgan fingerprint density at radius 3 is 2.96 bits per heavy atom. The molecule has 0 atom stereocenters. The molecule has 2 aromatic heterocycles. The molecule has 11 heteroatoms. The summed E-state index contributed by atoms with van der Waals surface area (Å²) in [6, 6.07) is 3.88. The molecular weight excluding hydrogens is 351 g/mol. The Balaban J connectivity index is 1.79. The summed E-state index contributed by atoms with van der Waals surface area (Å²) >= 11 is 1.03. The van der Waals surface area contributed by atoms with Crippen LogP contribution in [-0.2, 0) is 4.74 Å². The first-order valence-corrected chi connectivity index (χ1v) is 7.93. The number of esters is 1. The van der Waals surface area contributed by atoms with Crippen molar-refractivity contribution in [3.05, 3.63) is 47.0 Å². The monoisotopic (exact) mass is 362 g/mol. The number of tetrazole rings is 1. The Morgan fingerprint density at radius 1 is 1.40 bits per heavy atom. The minimum absolute atomic E-state index is 0.0741. The molecule has 0 saturated heterocycles. The average molecular weight is 362 g/mol. The zero-order chi connectivity index (χ0) is 17.8. The van der Waals surface area contributed by atoms with Gasteiger partial charge in [0.1, 0.15) is 12.1 Å². The van der Waals surface area contributed by atoms with Crippen LogP contribution in [0.1, 0.15) is 27.8 Å². The van der Waals surface area contributed by atoms with Gasteiger partial charge in [-0.3, -0.25) is 10.1 Å². The second-order valence-corrected chi connectivity index (χ2v) is 5.49. The van der Waals surface area contributed by atoms with Crippen LogP contribution in [0, 0.1) is 5.82 Å². The van der Waals surface area contributed by atoms with Crippen molar-refractivity contribution in [3.63, 3.8) is 0 Å². The van der Waals surface area contributed by atoms with Crippen molar-refractivity contribution < 1.29 is 18.7 Å². The fraction of sp³-hybridized carbons (Fsp3) is 0.143. The summed E-state index contributed by atoms with van der Waals surface area (Å²) in [6.45, 7) is 1.89. The van der Waals surface area contributed by atoms with E-state index in [0.717, 1.165) is 17.4 Å². The molecular formula is C14H11FN6O3S. The lowest BCUT2D eigenvalue weighted by Crippen LogP contribution is -2.15. The summed E-state index contributed by atoms with van der Waals surface area (Å²) in [7, 11) is 0. The lowest BCUT2D eigenvalue weighted by molar-refractivity contribution is 0.0520. The smallest absolute Gasteiger partial charge is 0.357 e. The number of thiazole rings is 1. The minimum atomic E-state index is -0.712. The highest BCUT2D eigenvalue weighted by molar-refractivity contribution is 7.14. The number of carbonyl (C=O) groups is 2. The van der Waals surface area contributed by atoms with E-state index in [2.05, 4.69) is 25.8 Å². The van der Waals surface area contributed by atoms with E-state index in [1.54, 1.807) is 6.92 Å². The Kier molecular flexibility index (Phi) is 4.75. The topological polar surface area (TPSA) is 112 Å². The number of amides is 1. The molecule has 3 aromatic rings. The van der Waals surface area contributed by atoms with Gasteiger partial charge in [0.25, 0.3) is 5.91 Å². The van der Waals surface area contributed by atoms with E-state index >= 15 is 0 Å². The Bertz CT molecular complexity index is 911. The van der Waals surface area contributed by atoms with E-state index in [1.807, 2.05) is 0 Å². The Labute approximate surface area is 144 Å². The third-order valence-electron chi connectivity index (χ3n) is 3.02. The van der Waals surface area contributed by atoms with Crippen molar-refractivity contribution in [3.8, 4) is 5.69 Å². The number of nitrogens with one attached hydrogen (secondary N) is 1. The van der Waals surface area contributed by atoms with E-state index < -0.39 is 17.7 Å². The van der Waals surface area contributed by atoms with Gasteiger partial charge in [-0.05, 0) is 35.5 Å². The van der Waals surface area contributed by atoms with Crippen LogP contribution in [0.3, 0.4) is 0 Å². The molecule has 128 valence electrons. The van der Waals surface area contributed by atoms with Crippen LogP contribution in [-0.4, -0.2) is 43.7 Å². The van der Waals surface area contributed by atoms with Gasteiger partial charge < -0.3 is 4.74 Å². The van der Waals surface area contributed by atoms with Crippen molar-refractivity contribution in [2.75, 3.05) is 11.9 Å². The molecule has 0 aliphatic carbocycles. The van der Waals surface area contributed by atoms with Crippen molar-refractivity contribution in [1.29, 1.82) is 0 Å². The lowest BCUT2D eigenvalue weighted by atomic mass is 10.1. The molecule has 0 unspecified atom stereocenters. The van der Waals surface area contributed by atoms with Crippen LogP contribution in [0.5, 0.6) is 0 Å². The number of ether oxygens (including phenoxy) is 1. The molecule has 0 fully saturated rings. The summed E-state index contributed by atoms with van der Waals surface area (Å²) < 4.78 is 20.1. The molecule has 0 bridgehead atoms. The van der Waals surface area contributed by atoms with Crippen LogP contribution in [0.2, 0.25) is 0 Å². The number of benzene rings is 1. The molecule has 9 nitrogen and oxygen atoms in total. The third-order valence-corrected chi connectivity index (χ3v) is 3.78. The van der Waals surface area contributed by atoms with Crippen LogP contribution >= 0.6 is 11.3 Å².